The number of nitro benzene ring substituents is 1. The zero-order valence-electron chi connectivity index (χ0n) is 16.0. The SMILES string of the molecule is Cc1ccc(/C=N\Nc2ccc(S(=O)(=O)Nc3ccccc3C(=O)O)cc2[N+](=O)[O-])o1. The van der Waals surface area contributed by atoms with Gasteiger partial charge in [-0.2, -0.15) is 5.10 Å². The van der Waals surface area contributed by atoms with Crippen LogP contribution in [0.1, 0.15) is 21.9 Å². The number of para-hydroxylation sites is 1. The summed E-state index contributed by atoms with van der Waals surface area (Å²) >= 11 is 0. The molecule has 0 fully saturated rings. The Hall–Kier alpha value is -4.19. The second-order valence-corrected chi connectivity index (χ2v) is 7.89. The van der Waals surface area contributed by atoms with Crippen molar-refractivity contribution in [1.29, 1.82) is 0 Å². The molecule has 160 valence electrons. The molecule has 11 nitrogen and oxygen atoms in total. The Bertz CT molecular complexity index is 1280. The van der Waals surface area contributed by atoms with Gasteiger partial charge in [0.05, 0.1) is 27.3 Å². The molecule has 0 atom stereocenters. The summed E-state index contributed by atoms with van der Waals surface area (Å²) in [5.41, 5.74) is 1.46. The highest BCUT2D eigenvalue weighted by Gasteiger charge is 2.23. The Balaban J connectivity index is 1.88. The average molecular weight is 444 g/mol. The Morgan fingerprint density at radius 3 is 2.55 bits per heavy atom. The molecule has 0 spiro atoms. The van der Waals surface area contributed by atoms with Crippen molar-refractivity contribution in [2.24, 2.45) is 5.10 Å². The van der Waals surface area contributed by atoms with Crippen LogP contribution in [0.15, 0.2) is 69.0 Å². The number of hydrazone groups is 1. The number of carbonyl (C=O) groups is 1. The van der Waals surface area contributed by atoms with E-state index in [2.05, 4.69) is 15.2 Å². The first-order valence-electron chi connectivity index (χ1n) is 8.66. The number of aryl methyl sites for hydroxylation is 1. The van der Waals surface area contributed by atoms with Gasteiger partial charge in [0.1, 0.15) is 17.2 Å². The molecule has 2 aromatic carbocycles. The zero-order chi connectivity index (χ0) is 22.6. The van der Waals surface area contributed by atoms with Crippen LogP contribution in [-0.4, -0.2) is 30.6 Å². The normalized spacial score (nSPS) is 11.4. The van der Waals surface area contributed by atoms with E-state index in [1.165, 1.54) is 36.5 Å². The van der Waals surface area contributed by atoms with Crippen LogP contribution in [-0.2, 0) is 10.0 Å². The number of nitrogens with zero attached hydrogens (tertiary/aromatic N) is 2. The van der Waals surface area contributed by atoms with Gasteiger partial charge in [-0.25, -0.2) is 13.2 Å². The van der Waals surface area contributed by atoms with Gasteiger partial charge in [0.2, 0.25) is 0 Å². The highest BCUT2D eigenvalue weighted by molar-refractivity contribution is 7.92. The van der Waals surface area contributed by atoms with E-state index in [0.717, 1.165) is 12.1 Å². The smallest absolute Gasteiger partial charge is 0.337 e. The first-order chi connectivity index (χ1) is 14.7. The molecule has 0 aliphatic heterocycles. The minimum Gasteiger partial charge on any atom is -0.478 e. The molecule has 0 unspecified atom stereocenters. The van der Waals surface area contributed by atoms with Gasteiger partial charge in [-0.1, -0.05) is 12.1 Å². The number of benzene rings is 2. The van der Waals surface area contributed by atoms with Gasteiger partial charge in [0.25, 0.3) is 15.7 Å². The van der Waals surface area contributed by atoms with Gasteiger partial charge in [0, 0.05) is 6.07 Å². The van der Waals surface area contributed by atoms with Crippen LogP contribution in [0.3, 0.4) is 0 Å². The number of aromatic carboxylic acids is 1. The van der Waals surface area contributed by atoms with Gasteiger partial charge in [0.15, 0.2) is 0 Å². The molecule has 0 amide bonds. The van der Waals surface area contributed by atoms with E-state index < -0.39 is 31.5 Å². The molecule has 12 heteroatoms. The van der Waals surface area contributed by atoms with Crippen molar-refractivity contribution in [2.45, 2.75) is 11.8 Å². The maximum atomic E-state index is 12.7. The van der Waals surface area contributed by atoms with Crippen LogP contribution in [0.5, 0.6) is 0 Å². The van der Waals surface area contributed by atoms with Crippen LogP contribution in [0.4, 0.5) is 17.1 Å². The number of nitro groups is 1. The molecule has 1 aromatic heterocycles. The van der Waals surface area contributed by atoms with Gasteiger partial charge in [-0.3, -0.25) is 20.3 Å². The fraction of sp³-hybridized carbons (Fsp3) is 0.0526. The summed E-state index contributed by atoms with van der Waals surface area (Å²) in [5.74, 6) is -0.236. The summed E-state index contributed by atoms with van der Waals surface area (Å²) < 4.78 is 32.8. The van der Waals surface area contributed by atoms with Crippen LogP contribution in [0, 0.1) is 17.0 Å². The van der Waals surface area contributed by atoms with E-state index in [0.29, 0.717) is 11.5 Å². The maximum absolute atomic E-state index is 12.7. The standard InChI is InChI=1S/C19H16N4O7S/c1-12-6-7-13(30-12)11-20-21-17-9-8-14(10-18(17)23(26)27)31(28,29)22-16-5-3-2-4-15(16)19(24)25/h2-11,21-22H,1H3,(H,24,25)/b20-11-. The van der Waals surface area contributed by atoms with E-state index in [4.69, 9.17) is 4.42 Å². The predicted molar refractivity (Wildman–Crippen MR) is 112 cm³/mol. The molecule has 3 N–H and O–H groups in total. The number of rotatable bonds is 8. The number of sulfonamides is 1. The second-order valence-electron chi connectivity index (χ2n) is 6.21. The summed E-state index contributed by atoms with van der Waals surface area (Å²) in [7, 11) is -4.30. The molecular weight excluding hydrogens is 428 g/mol. The number of hydrogen-bond donors (Lipinski definition) is 3. The lowest BCUT2D eigenvalue weighted by molar-refractivity contribution is -0.384. The Morgan fingerprint density at radius 2 is 1.90 bits per heavy atom. The van der Waals surface area contributed by atoms with Crippen LogP contribution in [0.25, 0.3) is 0 Å². The van der Waals surface area contributed by atoms with E-state index >= 15 is 0 Å². The fourth-order valence-corrected chi connectivity index (χ4v) is 3.67. The summed E-state index contributed by atoms with van der Waals surface area (Å²) in [4.78, 5) is 21.5. The fourth-order valence-electron chi connectivity index (χ4n) is 2.57. The van der Waals surface area contributed by atoms with Crippen molar-refractivity contribution < 1.29 is 27.7 Å². The van der Waals surface area contributed by atoms with Crippen molar-refractivity contribution in [3.63, 3.8) is 0 Å². The molecule has 1 heterocycles. The van der Waals surface area contributed by atoms with Crippen LogP contribution < -0.4 is 10.1 Å². The lowest BCUT2D eigenvalue weighted by Gasteiger charge is -2.11. The molecule has 0 bridgehead atoms. The van der Waals surface area contributed by atoms with E-state index in [1.54, 1.807) is 19.1 Å². The lowest BCUT2D eigenvalue weighted by Crippen LogP contribution is -2.16. The van der Waals surface area contributed by atoms with Crippen molar-refractivity contribution in [1.82, 2.24) is 0 Å². The minimum absolute atomic E-state index is 0.0468. The number of anilines is 2. The number of furan rings is 1. The van der Waals surface area contributed by atoms with Crippen molar-refractivity contribution in [2.75, 3.05) is 10.1 Å². The number of carboxylic acids is 1. The maximum Gasteiger partial charge on any atom is 0.337 e. The highest BCUT2D eigenvalue weighted by atomic mass is 32.2. The molecule has 0 radical (unpaired) electrons. The molecule has 0 saturated carbocycles. The summed E-state index contributed by atoms with van der Waals surface area (Å²) in [6.07, 6.45) is 1.31. The predicted octanol–water partition coefficient (Wildman–Crippen LogP) is 3.44. The third-order valence-corrected chi connectivity index (χ3v) is 5.38. The molecular formula is C19H16N4O7S. The molecule has 0 aliphatic rings. The van der Waals surface area contributed by atoms with Crippen molar-refractivity contribution in [3.8, 4) is 0 Å². The summed E-state index contributed by atoms with van der Waals surface area (Å²) in [6, 6.07) is 11.9. The van der Waals surface area contributed by atoms with E-state index in [-0.39, 0.29) is 16.9 Å². The lowest BCUT2D eigenvalue weighted by atomic mass is 10.2. The third kappa shape index (κ3) is 5.05. The summed E-state index contributed by atoms with van der Waals surface area (Å²) in [5, 5.41) is 24.5. The van der Waals surface area contributed by atoms with Crippen LogP contribution in [0.2, 0.25) is 0 Å². The first-order valence-corrected chi connectivity index (χ1v) is 10.1. The van der Waals surface area contributed by atoms with Gasteiger partial charge in [-0.05, 0) is 43.3 Å². The largest absolute Gasteiger partial charge is 0.478 e. The molecule has 3 aromatic rings. The number of hydrogen-bond acceptors (Lipinski definition) is 8. The molecule has 3 rings (SSSR count). The third-order valence-electron chi connectivity index (χ3n) is 4.02. The topological polar surface area (TPSA) is 164 Å². The Morgan fingerprint density at radius 1 is 1.16 bits per heavy atom. The summed E-state index contributed by atoms with van der Waals surface area (Å²) in [6.45, 7) is 1.75. The van der Waals surface area contributed by atoms with Crippen molar-refractivity contribution in [3.05, 3.63) is 81.8 Å². The second kappa shape index (κ2) is 8.67. The average Bonchev–Trinajstić information content (AvgIpc) is 3.13. The minimum atomic E-state index is -4.30. The van der Waals surface area contributed by atoms with Crippen LogP contribution >= 0.6 is 0 Å². The zero-order valence-corrected chi connectivity index (χ0v) is 16.8. The molecule has 0 aliphatic carbocycles. The monoisotopic (exact) mass is 444 g/mol. The van der Waals surface area contributed by atoms with Gasteiger partial charge < -0.3 is 9.52 Å². The molecule has 31 heavy (non-hydrogen) atoms. The van der Waals surface area contributed by atoms with Crippen molar-refractivity contribution >= 4 is 39.3 Å². The van der Waals surface area contributed by atoms with Gasteiger partial charge >= 0.3 is 5.97 Å². The Kier molecular flexibility index (Phi) is 6.02. The number of nitrogens with one attached hydrogen (secondary N) is 2. The van der Waals surface area contributed by atoms with E-state index in [1.807, 2.05) is 0 Å². The van der Waals surface area contributed by atoms with Gasteiger partial charge in [-0.15, -0.1) is 0 Å². The Labute approximate surface area is 176 Å². The quantitative estimate of drug-likeness (QED) is 0.270. The highest BCUT2D eigenvalue weighted by Crippen LogP contribution is 2.29. The molecule has 0 saturated heterocycles. The number of carboxylic acid groups (broad SMARTS) is 1. The first kappa shape index (κ1) is 21.5. The van der Waals surface area contributed by atoms with E-state index in [9.17, 15) is 28.4 Å².